The lowest BCUT2D eigenvalue weighted by molar-refractivity contribution is -0.143. The number of carbonyl (C=O) groups excluding carboxylic acids is 3. The van der Waals surface area contributed by atoms with Crippen LogP contribution >= 0.6 is 34.5 Å². The van der Waals surface area contributed by atoms with Crippen LogP contribution in [0, 0.1) is 23.7 Å². The van der Waals surface area contributed by atoms with Crippen molar-refractivity contribution in [2.45, 2.75) is 6.42 Å². The fourth-order valence-electron chi connectivity index (χ4n) is 4.57. The molecule has 1 saturated carbocycles. The normalized spacial score (nSPS) is 27.0. The van der Waals surface area contributed by atoms with Crippen molar-refractivity contribution in [1.82, 2.24) is 9.88 Å². The van der Waals surface area contributed by atoms with E-state index in [1.165, 1.54) is 11.3 Å². The third-order valence-electron chi connectivity index (χ3n) is 5.82. The van der Waals surface area contributed by atoms with Gasteiger partial charge in [-0.1, -0.05) is 35.4 Å². The Morgan fingerprint density at radius 3 is 2.55 bits per heavy atom. The summed E-state index contributed by atoms with van der Waals surface area (Å²) in [7, 11) is 0. The Hall–Kier alpha value is -2.22. The Balaban J connectivity index is 1.28. The smallest absolute Gasteiger partial charge is 0.246 e. The first-order valence-electron chi connectivity index (χ1n) is 9.16. The fourth-order valence-corrected chi connectivity index (χ4v) is 5.68. The summed E-state index contributed by atoms with van der Waals surface area (Å²) >= 11 is 13.4. The van der Waals surface area contributed by atoms with Crippen LogP contribution in [0.4, 0.5) is 5.13 Å². The van der Waals surface area contributed by atoms with E-state index in [1.54, 1.807) is 23.6 Å². The van der Waals surface area contributed by atoms with Crippen LogP contribution in [0.3, 0.4) is 0 Å². The summed E-state index contributed by atoms with van der Waals surface area (Å²) < 4.78 is 0. The number of hydrogen-bond donors (Lipinski definition) is 1. The maximum absolute atomic E-state index is 12.7. The zero-order valence-corrected chi connectivity index (χ0v) is 17.3. The van der Waals surface area contributed by atoms with Crippen LogP contribution in [0.1, 0.15) is 6.42 Å². The highest BCUT2D eigenvalue weighted by molar-refractivity contribution is 7.14. The lowest BCUT2D eigenvalue weighted by atomic mass is 9.85. The third kappa shape index (κ3) is 3.08. The summed E-state index contributed by atoms with van der Waals surface area (Å²) in [6.45, 7) is -0.295. The van der Waals surface area contributed by atoms with Crippen LogP contribution in [-0.2, 0) is 14.4 Å². The number of carbonyl (C=O) groups is 3. The molecular formula is C20H15Cl2N3O3S. The number of thiazole rings is 1. The van der Waals surface area contributed by atoms with Crippen molar-refractivity contribution in [3.63, 3.8) is 0 Å². The largest absolute Gasteiger partial charge is 0.300 e. The monoisotopic (exact) mass is 447 g/mol. The molecule has 3 aliphatic rings. The first-order chi connectivity index (χ1) is 13.9. The number of nitrogens with one attached hydrogen (secondary N) is 1. The average molecular weight is 448 g/mol. The molecule has 2 fully saturated rings. The Labute approximate surface area is 180 Å². The highest BCUT2D eigenvalue weighted by Crippen LogP contribution is 2.52. The van der Waals surface area contributed by atoms with Gasteiger partial charge in [-0.25, -0.2) is 4.98 Å². The molecule has 0 radical (unpaired) electrons. The second-order valence-electron chi connectivity index (χ2n) is 7.47. The summed E-state index contributed by atoms with van der Waals surface area (Å²) in [5.41, 5.74) is 1.25. The van der Waals surface area contributed by atoms with Gasteiger partial charge < -0.3 is 5.32 Å². The van der Waals surface area contributed by atoms with Gasteiger partial charge in [0.25, 0.3) is 0 Å². The molecular weight excluding hydrogens is 433 g/mol. The van der Waals surface area contributed by atoms with Gasteiger partial charge in [0.15, 0.2) is 5.13 Å². The van der Waals surface area contributed by atoms with Gasteiger partial charge in [0.1, 0.15) is 6.54 Å². The number of rotatable bonds is 4. The van der Waals surface area contributed by atoms with E-state index in [1.807, 2.05) is 12.2 Å². The van der Waals surface area contributed by atoms with E-state index in [4.69, 9.17) is 23.2 Å². The zero-order chi connectivity index (χ0) is 20.3. The molecule has 4 atom stereocenters. The predicted octanol–water partition coefficient (Wildman–Crippen LogP) is 3.86. The standard InChI is InChI=1S/C20H15Cl2N3O3S/c21-11-3-4-13(22)12(6-11)14-8-29-20(23-14)24-15(26)7-25-18(27)16-9-1-2-10(5-9)17(16)19(25)28/h1-4,6,8-10,16-17H,5,7H2,(H,23,24,26). The van der Waals surface area contributed by atoms with Crippen LogP contribution in [-0.4, -0.2) is 34.2 Å². The molecule has 6 nitrogen and oxygen atoms in total. The summed E-state index contributed by atoms with van der Waals surface area (Å²) in [6.07, 6.45) is 4.91. The van der Waals surface area contributed by atoms with E-state index in [0.29, 0.717) is 26.4 Å². The number of fused-ring (bicyclic) bond motifs is 5. The van der Waals surface area contributed by atoms with Gasteiger partial charge in [-0.3, -0.25) is 19.3 Å². The predicted molar refractivity (Wildman–Crippen MR) is 111 cm³/mol. The first kappa shape index (κ1) is 18.8. The second-order valence-corrected chi connectivity index (χ2v) is 9.17. The van der Waals surface area contributed by atoms with Crippen LogP contribution in [0.5, 0.6) is 0 Å². The van der Waals surface area contributed by atoms with Gasteiger partial charge in [-0.2, -0.15) is 0 Å². The highest BCUT2D eigenvalue weighted by atomic mass is 35.5. The lowest BCUT2D eigenvalue weighted by Gasteiger charge is -2.16. The molecule has 148 valence electrons. The Morgan fingerprint density at radius 2 is 1.86 bits per heavy atom. The number of anilines is 1. The van der Waals surface area contributed by atoms with Gasteiger partial charge in [-0.05, 0) is 36.5 Å². The number of halogens is 2. The fraction of sp³-hybridized carbons (Fsp3) is 0.300. The number of amides is 3. The summed E-state index contributed by atoms with van der Waals surface area (Å²) in [5, 5.41) is 5.82. The van der Waals surface area contributed by atoms with Gasteiger partial charge in [0.05, 0.1) is 22.6 Å². The van der Waals surface area contributed by atoms with Crippen LogP contribution in [0.25, 0.3) is 11.3 Å². The number of aromatic nitrogens is 1. The van der Waals surface area contributed by atoms with Gasteiger partial charge >= 0.3 is 0 Å². The minimum absolute atomic E-state index is 0.124. The summed E-state index contributed by atoms with van der Waals surface area (Å²) in [4.78, 5) is 43.3. The average Bonchev–Trinajstić information content (AvgIpc) is 3.45. The Morgan fingerprint density at radius 1 is 1.17 bits per heavy atom. The van der Waals surface area contributed by atoms with Crippen LogP contribution < -0.4 is 5.32 Å². The SMILES string of the molecule is O=C(CN1C(=O)C2C3C=CC(C3)C2C1=O)Nc1nc(-c2cc(Cl)ccc2Cl)cs1. The molecule has 1 aromatic heterocycles. The molecule has 4 unspecified atom stereocenters. The Bertz CT molecular complexity index is 1050. The van der Waals surface area contributed by atoms with Crippen molar-refractivity contribution in [3.05, 3.63) is 45.8 Å². The number of hydrogen-bond acceptors (Lipinski definition) is 5. The molecule has 9 heteroatoms. The molecule has 3 amide bonds. The molecule has 2 aromatic rings. The summed E-state index contributed by atoms with van der Waals surface area (Å²) in [6, 6.07) is 5.07. The van der Waals surface area contributed by atoms with Crippen molar-refractivity contribution in [2.75, 3.05) is 11.9 Å². The van der Waals surface area contributed by atoms with Crippen molar-refractivity contribution >= 4 is 57.4 Å². The molecule has 29 heavy (non-hydrogen) atoms. The number of allylic oxidation sites excluding steroid dienone is 2. The van der Waals surface area contributed by atoms with Gasteiger partial charge in [0, 0.05) is 16.0 Å². The Kier molecular flexibility index (Phi) is 4.49. The quantitative estimate of drug-likeness (QED) is 0.569. The molecule has 2 aliphatic carbocycles. The third-order valence-corrected chi connectivity index (χ3v) is 7.14. The minimum atomic E-state index is -0.454. The van der Waals surface area contributed by atoms with Gasteiger partial charge in [-0.15, -0.1) is 11.3 Å². The van der Waals surface area contributed by atoms with E-state index < -0.39 is 5.91 Å². The molecule has 2 heterocycles. The minimum Gasteiger partial charge on any atom is -0.300 e. The van der Waals surface area contributed by atoms with E-state index >= 15 is 0 Å². The number of benzene rings is 1. The van der Waals surface area contributed by atoms with Crippen molar-refractivity contribution in [1.29, 1.82) is 0 Å². The number of imide groups is 1. The van der Waals surface area contributed by atoms with E-state index in [9.17, 15) is 14.4 Å². The molecule has 1 N–H and O–H groups in total. The zero-order valence-electron chi connectivity index (χ0n) is 15.0. The molecule has 0 spiro atoms. The molecule has 1 saturated heterocycles. The highest BCUT2D eigenvalue weighted by Gasteiger charge is 2.59. The molecule has 1 aliphatic heterocycles. The molecule has 2 bridgehead atoms. The number of nitrogens with zero attached hydrogens (tertiary/aromatic N) is 2. The van der Waals surface area contributed by atoms with E-state index in [2.05, 4.69) is 10.3 Å². The maximum atomic E-state index is 12.7. The van der Waals surface area contributed by atoms with Crippen LogP contribution in [0.15, 0.2) is 35.7 Å². The van der Waals surface area contributed by atoms with Crippen LogP contribution in [0.2, 0.25) is 10.0 Å². The van der Waals surface area contributed by atoms with Crippen molar-refractivity contribution in [2.24, 2.45) is 23.7 Å². The first-order valence-corrected chi connectivity index (χ1v) is 10.8. The number of likely N-dealkylation sites (tertiary alicyclic amines) is 1. The molecule has 5 rings (SSSR count). The summed E-state index contributed by atoms with van der Waals surface area (Å²) in [5.74, 6) is -1.29. The maximum Gasteiger partial charge on any atom is 0.246 e. The second kappa shape index (κ2) is 6.93. The van der Waals surface area contributed by atoms with E-state index in [0.717, 1.165) is 11.3 Å². The lowest BCUT2D eigenvalue weighted by Crippen LogP contribution is -2.39. The van der Waals surface area contributed by atoms with Crippen molar-refractivity contribution in [3.8, 4) is 11.3 Å². The molecule has 1 aromatic carbocycles. The van der Waals surface area contributed by atoms with Gasteiger partial charge in [0.2, 0.25) is 17.7 Å². The topological polar surface area (TPSA) is 79.4 Å². The van der Waals surface area contributed by atoms with E-state index in [-0.39, 0.29) is 42.0 Å². The van der Waals surface area contributed by atoms with Crippen molar-refractivity contribution < 1.29 is 14.4 Å².